The Bertz CT molecular complexity index is 648. The molecule has 0 atom stereocenters. The van der Waals surface area contributed by atoms with Crippen LogP contribution < -0.4 is 10.0 Å². The van der Waals surface area contributed by atoms with Gasteiger partial charge in [0, 0.05) is 22.8 Å². The molecule has 2 aromatic heterocycles. The predicted molar refractivity (Wildman–Crippen MR) is 80.4 cm³/mol. The lowest BCUT2D eigenvalue weighted by Crippen LogP contribution is -2.23. The molecule has 2 rings (SSSR count). The monoisotopic (exact) mass is 336 g/mol. The van der Waals surface area contributed by atoms with Crippen molar-refractivity contribution in [2.45, 2.75) is 18.0 Å². The van der Waals surface area contributed by atoms with Gasteiger partial charge in [0.2, 0.25) is 10.0 Å². The van der Waals surface area contributed by atoms with Crippen LogP contribution in [0.15, 0.2) is 28.5 Å². The second kappa shape index (κ2) is 6.34. The van der Waals surface area contributed by atoms with Crippen molar-refractivity contribution in [3.63, 3.8) is 0 Å². The molecule has 8 heteroatoms. The second-order valence-electron chi connectivity index (χ2n) is 3.77. The summed E-state index contributed by atoms with van der Waals surface area (Å²) in [5, 5.41) is 4.74. The molecule has 0 bridgehead atoms. The molecule has 4 nitrogen and oxygen atoms in total. The molecule has 0 spiro atoms. The van der Waals surface area contributed by atoms with E-state index < -0.39 is 10.0 Å². The summed E-state index contributed by atoms with van der Waals surface area (Å²) in [5.41, 5.74) is 0. The molecule has 0 saturated heterocycles. The number of rotatable bonds is 6. The summed E-state index contributed by atoms with van der Waals surface area (Å²) in [7, 11) is -1.69. The van der Waals surface area contributed by atoms with Gasteiger partial charge in [0.1, 0.15) is 0 Å². The molecule has 2 N–H and O–H groups in total. The molecule has 0 aliphatic rings. The highest BCUT2D eigenvalue weighted by molar-refractivity contribution is 7.89. The van der Waals surface area contributed by atoms with Crippen LogP contribution in [0.25, 0.3) is 0 Å². The Morgan fingerprint density at radius 1 is 1.26 bits per heavy atom. The molecule has 0 amide bonds. The fraction of sp³-hybridized carbons (Fsp3) is 0.273. The van der Waals surface area contributed by atoms with E-state index in [0.29, 0.717) is 15.8 Å². The van der Waals surface area contributed by atoms with Gasteiger partial charge in [-0.2, -0.15) is 0 Å². The number of hydrogen-bond donors (Lipinski definition) is 2. The highest BCUT2D eigenvalue weighted by atomic mass is 35.5. The van der Waals surface area contributed by atoms with Crippen LogP contribution >= 0.6 is 34.3 Å². The van der Waals surface area contributed by atoms with Gasteiger partial charge in [-0.25, -0.2) is 13.1 Å². The smallest absolute Gasteiger partial charge is 0.242 e. The highest BCUT2D eigenvalue weighted by Gasteiger charge is 2.19. The van der Waals surface area contributed by atoms with Gasteiger partial charge >= 0.3 is 0 Å². The zero-order valence-electron chi connectivity index (χ0n) is 10.1. The molecule has 0 unspecified atom stereocenters. The van der Waals surface area contributed by atoms with E-state index >= 15 is 0 Å². The maximum absolute atomic E-state index is 12.2. The van der Waals surface area contributed by atoms with Crippen LogP contribution in [0.1, 0.15) is 9.75 Å². The maximum atomic E-state index is 12.2. The molecule has 0 aliphatic carbocycles. The number of nitrogens with one attached hydrogen (secondary N) is 2. The van der Waals surface area contributed by atoms with Crippen LogP contribution in [0.3, 0.4) is 0 Å². The van der Waals surface area contributed by atoms with E-state index in [4.69, 9.17) is 11.6 Å². The van der Waals surface area contributed by atoms with Crippen molar-refractivity contribution in [2.75, 3.05) is 7.05 Å². The number of hydrogen-bond acceptors (Lipinski definition) is 5. The van der Waals surface area contributed by atoms with Gasteiger partial charge in [-0.15, -0.1) is 22.7 Å². The fourth-order valence-corrected chi connectivity index (χ4v) is 5.13. The molecule has 104 valence electrons. The van der Waals surface area contributed by atoms with Crippen molar-refractivity contribution in [1.29, 1.82) is 0 Å². The third kappa shape index (κ3) is 3.77. The Hall–Kier alpha value is -0.440. The molecule has 0 aromatic carbocycles. The second-order valence-corrected chi connectivity index (χ2v) is 8.30. The first-order chi connectivity index (χ1) is 9.03. The Balaban J connectivity index is 2.11. The summed E-state index contributed by atoms with van der Waals surface area (Å²) in [5.74, 6) is 0. The molecular formula is C11H13ClN2O2S3. The van der Waals surface area contributed by atoms with Crippen LogP contribution in [0.5, 0.6) is 0 Å². The highest BCUT2D eigenvalue weighted by Crippen LogP contribution is 2.24. The van der Waals surface area contributed by atoms with Crippen LogP contribution in [0.2, 0.25) is 4.34 Å². The largest absolute Gasteiger partial charge is 0.315 e. The first-order valence-electron chi connectivity index (χ1n) is 5.48. The van der Waals surface area contributed by atoms with Crippen molar-refractivity contribution in [1.82, 2.24) is 10.0 Å². The molecule has 0 fully saturated rings. The van der Waals surface area contributed by atoms with Gasteiger partial charge in [0.05, 0.1) is 9.23 Å². The van der Waals surface area contributed by atoms with E-state index in [0.717, 1.165) is 9.75 Å². The van der Waals surface area contributed by atoms with Crippen LogP contribution in [0.4, 0.5) is 0 Å². The molecule has 0 saturated carbocycles. The standard InChI is InChI=1S/C11H13ClN2O2S3/c1-13-7-9-10(4-5-17-9)19(15,16)14-6-8-2-3-11(12)18-8/h2-5,13-14H,6-7H2,1H3. The number of halogens is 1. The van der Waals surface area contributed by atoms with E-state index in [-0.39, 0.29) is 6.54 Å². The van der Waals surface area contributed by atoms with Crippen molar-refractivity contribution < 1.29 is 8.42 Å². The van der Waals surface area contributed by atoms with Gasteiger partial charge in [-0.05, 0) is 30.6 Å². The topological polar surface area (TPSA) is 58.2 Å². The van der Waals surface area contributed by atoms with Crippen LogP contribution in [-0.4, -0.2) is 15.5 Å². The summed E-state index contributed by atoms with van der Waals surface area (Å²) in [6.45, 7) is 0.799. The minimum absolute atomic E-state index is 0.258. The molecule has 19 heavy (non-hydrogen) atoms. The molecule has 0 aliphatic heterocycles. The third-order valence-corrected chi connectivity index (χ3v) is 6.16. The van der Waals surface area contributed by atoms with Gasteiger partial charge < -0.3 is 5.32 Å². The minimum atomic E-state index is -3.47. The average Bonchev–Trinajstić information content (AvgIpc) is 2.97. The van der Waals surface area contributed by atoms with Gasteiger partial charge in [0.25, 0.3) is 0 Å². The fourth-order valence-electron chi connectivity index (χ4n) is 1.55. The third-order valence-electron chi connectivity index (χ3n) is 2.40. The quantitative estimate of drug-likeness (QED) is 0.852. The number of thiophene rings is 2. The average molecular weight is 337 g/mol. The molecule has 0 radical (unpaired) electrons. The Labute approximate surface area is 125 Å². The Morgan fingerprint density at radius 3 is 2.68 bits per heavy atom. The van der Waals surface area contributed by atoms with Crippen molar-refractivity contribution >= 4 is 44.3 Å². The van der Waals surface area contributed by atoms with E-state index in [2.05, 4.69) is 10.0 Å². The first-order valence-corrected chi connectivity index (χ1v) is 9.03. The Kier molecular flexibility index (Phi) is 4.99. The summed E-state index contributed by atoms with van der Waals surface area (Å²) >= 11 is 8.61. The summed E-state index contributed by atoms with van der Waals surface area (Å²) in [4.78, 5) is 2.03. The number of sulfonamides is 1. The lowest BCUT2D eigenvalue weighted by Gasteiger charge is -2.06. The minimum Gasteiger partial charge on any atom is -0.315 e. The van der Waals surface area contributed by atoms with Gasteiger partial charge in [0.15, 0.2) is 0 Å². The summed E-state index contributed by atoms with van der Waals surface area (Å²) in [6, 6.07) is 5.20. The van der Waals surface area contributed by atoms with Crippen LogP contribution in [0, 0.1) is 0 Å². The maximum Gasteiger partial charge on any atom is 0.242 e. The SMILES string of the molecule is CNCc1sccc1S(=O)(=O)NCc1ccc(Cl)s1. The van der Waals surface area contributed by atoms with Crippen molar-refractivity contribution in [3.05, 3.63) is 37.7 Å². The molecular weight excluding hydrogens is 324 g/mol. The molecule has 2 aromatic rings. The zero-order chi connectivity index (χ0) is 13.9. The van der Waals surface area contributed by atoms with E-state index in [1.807, 2.05) is 6.07 Å². The summed E-state index contributed by atoms with van der Waals surface area (Å²) in [6.07, 6.45) is 0. The lowest BCUT2D eigenvalue weighted by molar-refractivity contribution is 0.580. The van der Waals surface area contributed by atoms with E-state index in [9.17, 15) is 8.42 Å². The van der Waals surface area contributed by atoms with Crippen molar-refractivity contribution in [3.8, 4) is 0 Å². The zero-order valence-corrected chi connectivity index (χ0v) is 13.3. The van der Waals surface area contributed by atoms with Gasteiger partial charge in [-0.1, -0.05) is 11.6 Å². The summed E-state index contributed by atoms with van der Waals surface area (Å²) < 4.78 is 27.7. The normalized spacial score (nSPS) is 11.9. The van der Waals surface area contributed by atoms with Crippen molar-refractivity contribution in [2.24, 2.45) is 0 Å². The van der Waals surface area contributed by atoms with Gasteiger partial charge in [-0.3, -0.25) is 0 Å². The van der Waals surface area contributed by atoms with E-state index in [1.54, 1.807) is 24.6 Å². The van der Waals surface area contributed by atoms with E-state index in [1.165, 1.54) is 22.7 Å². The predicted octanol–water partition coefficient (Wildman–Crippen LogP) is 2.66. The first kappa shape index (κ1) is 15.0. The van der Waals surface area contributed by atoms with Crippen LogP contribution in [-0.2, 0) is 23.1 Å². The lowest BCUT2D eigenvalue weighted by atomic mass is 10.5. The Morgan fingerprint density at radius 2 is 2.05 bits per heavy atom. The molecule has 2 heterocycles.